The monoisotopic (exact) mass is 422 g/mol. The molecule has 0 radical (unpaired) electrons. The number of ketones is 1. The molecule has 1 amide bonds. The van der Waals surface area contributed by atoms with Crippen LogP contribution in [0.3, 0.4) is 0 Å². The average Bonchev–Trinajstić information content (AvgIpc) is 3.12. The summed E-state index contributed by atoms with van der Waals surface area (Å²) in [6.07, 6.45) is 0.570. The van der Waals surface area contributed by atoms with E-state index in [0.29, 0.717) is 23.3 Å². The molecular weight excluding hydrogens is 400 g/mol. The normalized spacial score (nSPS) is 12.3. The lowest BCUT2D eigenvalue weighted by molar-refractivity contribution is -0.119. The Hall–Kier alpha value is -4.06. The fourth-order valence-corrected chi connectivity index (χ4v) is 4.18. The number of para-hydroxylation sites is 3. The zero-order valence-corrected chi connectivity index (χ0v) is 17.9. The Bertz CT molecular complexity index is 1500. The molecule has 0 bridgehead atoms. The first-order valence-corrected chi connectivity index (χ1v) is 10.6. The number of fused-ring (bicyclic) bond motifs is 4. The van der Waals surface area contributed by atoms with Crippen LogP contribution in [0.15, 0.2) is 72.8 Å². The molecule has 0 aliphatic heterocycles. The molecule has 0 fully saturated rings. The van der Waals surface area contributed by atoms with Gasteiger partial charge in [-0.2, -0.15) is 0 Å². The standard InChI is InChI=1S/C26H22N4O2/c1-3-22(26(32)27-18-10-8-9-17(15-18)16(2)31)30-23-14-7-4-11-19(23)24-25(30)29-21-13-6-5-12-20(21)28-24/h4-15,22H,3H2,1-2H3,(H,27,32). The van der Waals surface area contributed by atoms with Crippen molar-refractivity contribution in [2.45, 2.75) is 26.3 Å². The van der Waals surface area contributed by atoms with Crippen LogP contribution in [0.5, 0.6) is 0 Å². The number of hydrogen-bond acceptors (Lipinski definition) is 4. The van der Waals surface area contributed by atoms with Crippen molar-refractivity contribution >= 4 is 50.5 Å². The molecular formula is C26H22N4O2. The molecule has 6 heteroatoms. The Morgan fingerprint density at radius 2 is 1.66 bits per heavy atom. The summed E-state index contributed by atoms with van der Waals surface area (Å²) in [5.41, 5.74) is 5.14. The first-order chi connectivity index (χ1) is 15.6. The first-order valence-electron chi connectivity index (χ1n) is 10.6. The van der Waals surface area contributed by atoms with E-state index in [1.165, 1.54) is 6.92 Å². The van der Waals surface area contributed by atoms with E-state index in [1.54, 1.807) is 24.3 Å². The summed E-state index contributed by atoms with van der Waals surface area (Å²) in [5.74, 6) is -0.205. The summed E-state index contributed by atoms with van der Waals surface area (Å²) in [6, 6.07) is 22.2. The fourth-order valence-electron chi connectivity index (χ4n) is 4.18. The van der Waals surface area contributed by atoms with Gasteiger partial charge in [0, 0.05) is 16.6 Å². The molecule has 1 unspecified atom stereocenters. The summed E-state index contributed by atoms with van der Waals surface area (Å²) in [5, 5.41) is 3.95. The second-order valence-corrected chi connectivity index (χ2v) is 7.82. The van der Waals surface area contributed by atoms with Gasteiger partial charge in [-0.1, -0.05) is 49.4 Å². The van der Waals surface area contributed by atoms with E-state index in [-0.39, 0.29) is 11.7 Å². The highest BCUT2D eigenvalue weighted by Crippen LogP contribution is 2.32. The minimum atomic E-state index is -0.492. The van der Waals surface area contributed by atoms with E-state index in [4.69, 9.17) is 9.97 Å². The van der Waals surface area contributed by atoms with Crippen LogP contribution in [0.4, 0.5) is 5.69 Å². The predicted octanol–water partition coefficient (Wildman–Crippen LogP) is 5.53. The van der Waals surface area contributed by atoms with Crippen LogP contribution in [-0.2, 0) is 4.79 Å². The zero-order valence-electron chi connectivity index (χ0n) is 17.9. The van der Waals surface area contributed by atoms with Crippen molar-refractivity contribution in [2.24, 2.45) is 0 Å². The molecule has 0 saturated carbocycles. The van der Waals surface area contributed by atoms with Crippen LogP contribution in [0.1, 0.15) is 36.7 Å². The predicted molar refractivity (Wildman–Crippen MR) is 127 cm³/mol. The minimum Gasteiger partial charge on any atom is -0.324 e. The van der Waals surface area contributed by atoms with E-state index in [1.807, 2.05) is 60.0 Å². The Morgan fingerprint density at radius 1 is 0.938 bits per heavy atom. The van der Waals surface area contributed by atoms with E-state index in [2.05, 4.69) is 5.32 Å². The van der Waals surface area contributed by atoms with Gasteiger partial charge in [0.1, 0.15) is 11.6 Å². The molecule has 0 aliphatic carbocycles. The maximum atomic E-state index is 13.4. The Morgan fingerprint density at radius 3 is 2.41 bits per heavy atom. The molecule has 5 rings (SSSR count). The van der Waals surface area contributed by atoms with Gasteiger partial charge in [-0.3, -0.25) is 9.59 Å². The summed E-state index contributed by atoms with van der Waals surface area (Å²) in [7, 11) is 0. The van der Waals surface area contributed by atoms with Crippen LogP contribution in [-0.4, -0.2) is 26.2 Å². The Balaban J connectivity index is 1.65. The van der Waals surface area contributed by atoms with Crippen molar-refractivity contribution in [3.63, 3.8) is 0 Å². The third kappa shape index (κ3) is 3.30. The van der Waals surface area contributed by atoms with Crippen molar-refractivity contribution in [1.29, 1.82) is 0 Å². The van der Waals surface area contributed by atoms with Crippen molar-refractivity contribution in [1.82, 2.24) is 14.5 Å². The zero-order chi connectivity index (χ0) is 22.2. The van der Waals surface area contributed by atoms with Crippen LogP contribution >= 0.6 is 0 Å². The van der Waals surface area contributed by atoms with Gasteiger partial charge in [0.25, 0.3) is 0 Å². The van der Waals surface area contributed by atoms with Gasteiger partial charge in [0.2, 0.25) is 5.91 Å². The van der Waals surface area contributed by atoms with Gasteiger partial charge in [-0.05, 0) is 43.7 Å². The molecule has 1 atom stereocenters. The molecule has 5 aromatic rings. The molecule has 2 aromatic heterocycles. The fraction of sp³-hybridized carbons (Fsp3) is 0.154. The lowest BCUT2D eigenvalue weighted by Gasteiger charge is -2.19. The van der Waals surface area contributed by atoms with Gasteiger partial charge >= 0.3 is 0 Å². The van der Waals surface area contributed by atoms with Crippen LogP contribution in [0.25, 0.3) is 33.1 Å². The molecule has 2 heterocycles. The average molecular weight is 422 g/mol. The van der Waals surface area contributed by atoms with Crippen molar-refractivity contribution in [3.8, 4) is 0 Å². The smallest absolute Gasteiger partial charge is 0.247 e. The number of benzene rings is 3. The highest BCUT2D eigenvalue weighted by molar-refractivity contribution is 6.08. The molecule has 158 valence electrons. The van der Waals surface area contributed by atoms with Gasteiger partial charge in [-0.25, -0.2) is 9.97 Å². The molecule has 1 N–H and O–H groups in total. The van der Waals surface area contributed by atoms with Gasteiger partial charge in [0.05, 0.1) is 16.6 Å². The Kier molecular flexibility index (Phi) is 4.90. The summed E-state index contributed by atoms with van der Waals surface area (Å²) in [4.78, 5) is 34.9. The number of Topliss-reactive ketones (excluding diaryl/α,β-unsaturated/α-hetero) is 1. The molecule has 0 aliphatic rings. The van der Waals surface area contributed by atoms with E-state index in [0.717, 1.165) is 27.5 Å². The molecule has 6 nitrogen and oxygen atoms in total. The second kappa shape index (κ2) is 7.89. The van der Waals surface area contributed by atoms with Crippen molar-refractivity contribution in [3.05, 3.63) is 78.4 Å². The largest absolute Gasteiger partial charge is 0.324 e. The number of anilines is 1. The maximum Gasteiger partial charge on any atom is 0.247 e. The number of carbonyl (C=O) groups excluding carboxylic acids is 2. The first kappa shape index (κ1) is 19.9. The van der Waals surface area contributed by atoms with Gasteiger partial charge in [-0.15, -0.1) is 0 Å². The SMILES string of the molecule is CCC(C(=O)Nc1cccc(C(C)=O)c1)n1c2ccccc2c2nc3ccccc3nc21. The summed E-state index contributed by atoms with van der Waals surface area (Å²) in [6.45, 7) is 3.49. The number of rotatable bonds is 5. The molecule has 0 spiro atoms. The van der Waals surface area contributed by atoms with E-state index in [9.17, 15) is 9.59 Å². The van der Waals surface area contributed by atoms with Crippen molar-refractivity contribution < 1.29 is 9.59 Å². The van der Waals surface area contributed by atoms with Gasteiger partial charge in [0.15, 0.2) is 11.4 Å². The lowest BCUT2D eigenvalue weighted by atomic mass is 10.1. The highest BCUT2D eigenvalue weighted by Gasteiger charge is 2.25. The number of amides is 1. The molecule has 3 aromatic carbocycles. The van der Waals surface area contributed by atoms with Crippen LogP contribution in [0.2, 0.25) is 0 Å². The number of nitrogens with one attached hydrogen (secondary N) is 1. The topological polar surface area (TPSA) is 76.9 Å². The minimum absolute atomic E-state index is 0.0438. The Labute approximate surface area is 184 Å². The van der Waals surface area contributed by atoms with Crippen LogP contribution in [0, 0.1) is 0 Å². The van der Waals surface area contributed by atoms with Crippen LogP contribution < -0.4 is 5.32 Å². The second-order valence-electron chi connectivity index (χ2n) is 7.82. The van der Waals surface area contributed by atoms with Gasteiger partial charge < -0.3 is 9.88 Å². The molecule has 0 saturated heterocycles. The van der Waals surface area contributed by atoms with Crippen molar-refractivity contribution in [2.75, 3.05) is 5.32 Å². The quantitative estimate of drug-likeness (QED) is 0.378. The molecule has 32 heavy (non-hydrogen) atoms. The number of aromatic nitrogens is 3. The summed E-state index contributed by atoms with van der Waals surface area (Å²) < 4.78 is 1.98. The van der Waals surface area contributed by atoms with E-state index < -0.39 is 6.04 Å². The third-order valence-corrected chi connectivity index (χ3v) is 5.74. The number of hydrogen-bond donors (Lipinski definition) is 1. The highest BCUT2D eigenvalue weighted by atomic mass is 16.2. The lowest BCUT2D eigenvalue weighted by Crippen LogP contribution is -2.25. The summed E-state index contributed by atoms with van der Waals surface area (Å²) >= 11 is 0. The third-order valence-electron chi connectivity index (χ3n) is 5.74. The number of carbonyl (C=O) groups is 2. The van der Waals surface area contributed by atoms with E-state index >= 15 is 0 Å². The maximum absolute atomic E-state index is 13.4. The number of nitrogens with zero attached hydrogens (tertiary/aromatic N) is 3.